The molecule has 8 rings (SSSR count). The van der Waals surface area contributed by atoms with E-state index in [1.807, 2.05) is 17.0 Å². The Hall–Kier alpha value is -6.17. The summed E-state index contributed by atoms with van der Waals surface area (Å²) in [5.74, 6) is -3.80. The number of benzene rings is 2. The molecule has 4 saturated heterocycles. The number of amides is 8. The van der Waals surface area contributed by atoms with Gasteiger partial charge in [0.2, 0.25) is 35.4 Å². The van der Waals surface area contributed by atoms with Crippen LogP contribution in [0.2, 0.25) is 0 Å². The second kappa shape index (κ2) is 25.5. The first kappa shape index (κ1) is 57.0. The number of halogens is 2. The van der Waals surface area contributed by atoms with Crippen LogP contribution in [-0.4, -0.2) is 164 Å². The molecular weight excluding hydrogens is 1020 g/mol. The molecule has 6 heterocycles. The van der Waals surface area contributed by atoms with Gasteiger partial charge in [-0.1, -0.05) is 31.7 Å². The Morgan fingerprint density at radius 1 is 0.922 bits per heavy atom. The van der Waals surface area contributed by atoms with Crippen molar-refractivity contribution < 1.29 is 61.4 Å². The van der Waals surface area contributed by atoms with Crippen molar-refractivity contribution in [1.82, 2.24) is 45.9 Å². The molecule has 8 amide bonds. The highest BCUT2D eigenvalue weighted by Gasteiger charge is 2.46. The van der Waals surface area contributed by atoms with Gasteiger partial charge in [-0.2, -0.15) is 8.78 Å². The number of anilines is 1. The number of aromatic nitrogens is 1. The van der Waals surface area contributed by atoms with E-state index in [4.69, 9.17) is 15.5 Å². The second-order valence-electron chi connectivity index (χ2n) is 20.9. The molecule has 1 aromatic heterocycles. The molecular formula is C52H70F2N11O11P. The number of hydrogen-bond donors (Lipinski definition) is 9. The molecule has 0 saturated carbocycles. The molecule has 3 aromatic rings. The number of fused-ring (bicyclic) bond motifs is 3. The van der Waals surface area contributed by atoms with E-state index >= 15 is 0 Å². The van der Waals surface area contributed by atoms with Crippen molar-refractivity contribution in [3.8, 4) is 0 Å². The van der Waals surface area contributed by atoms with Crippen LogP contribution < -0.4 is 32.3 Å². The first-order valence-corrected chi connectivity index (χ1v) is 27.8. The number of alkyl halides is 2. The third-order valence-corrected chi connectivity index (χ3v) is 15.8. The number of H-pyrrole nitrogens is 1. The van der Waals surface area contributed by atoms with E-state index in [0.717, 1.165) is 88.0 Å². The number of carbonyl (C=O) groups is 8. The fraction of sp³-hybridized carbons (Fsp3) is 0.577. The fourth-order valence-electron chi connectivity index (χ4n) is 11.3. The molecule has 0 aliphatic carbocycles. The normalized spacial score (nSPS) is 22.1. The van der Waals surface area contributed by atoms with Gasteiger partial charge < -0.3 is 61.4 Å². The lowest BCUT2D eigenvalue weighted by Gasteiger charge is -2.37. The maximum atomic E-state index is 14.4. The number of piperidine rings is 2. The molecule has 2 aromatic carbocycles. The zero-order chi connectivity index (χ0) is 55.0. The Bertz CT molecular complexity index is 2690. The number of rotatable bonds is 23. The Morgan fingerprint density at radius 2 is 1.68 bits per heavy atom. The number of nitrogens with one attached hydrogen (secondary N) is 6. The molecule has 25 heteroatoms. The van der Waals surface area contributed by atoms with Crippen molar-refractivity contribution in [2.75, 3.05) is 51.6 Å². The number of carbonyl (C=O) groups excluding carboxylic acids is 8. The molecule has 0 radical (unpaired) electrons. The lowest BCUT2D eigenvalue weighted by Crippen LogP contribution is -2.61. The van der Waals surface area contributed by atoms with Crippen LogP contribution in [0.15, 0.2) is 42.5 Å². The van der Waals surface area contributed by atoms with E-state index in [1.165, 1.54) is 17.0 Å². The van der Waals surface area contributed by atoms with Crippen LogP contribution in [0.5, 0.6) is 0 Å². The largest absolute Gasteiger partial charge is 0.389 e. The number of aromatic amines is 1. The maximum Gasteiger partial charge on any atom is 0.389 e. The van der Waals surface area contributed by atoms with Crippen LogP contribution in [0.4, 0.5) is 14.5 Å². The predicted molar refractivity (Wildman–Crippen MR) is 278 cm³/mol. The molecule has 77 heavy (non-hydrogen) atoms. The van der Waals surface area contributed by atoms with Crippen LogP contribution in [0.1, 0.15) is 128 Å². The van der Waals surface area contributed by atoms with Gasteiger partial charge >= 0.3 is 14.7 Å². The van der Waals surface area contributed by atoms with Gasteiger partial charge in [-0.05, 0) is 114 Å². The number of likely N-dealkylation sites (tertiary alicyclic amines) is 1. The molecule has 5 aliphatic heterocycles. The average molecular weight is 1090 g/mol. The van der Waals surface area contributed by atoms with E-state index in [1.54, 1.807) is 18.0 Å². The van der Waals surface area contributed by atoms with Crippen molar-refractivity contribution in [2.45, 2.75) is 145 Å². The SMILES string of the molecule is CN1CC[C@H]2CC[C@@H](C(=O)N[C@@H](CCC(N)=O)C(=O)NCCCCCCCCN3CCC(Nc4cccc5c4CN(C4CCC(=O)NC4=O)C5=O)CC3)N2C(=O)[C@@H](NC(=O)c2cc3cc(C(F)(F)OP(O)O)ccc3[nH]2)C1. The Morgan fingerprint density at radius 3 is 2.42 bits per heavy atom. The number of primary amides is 1. The van der Waals surface area contributed by atoms with Crippen molar-refractivity contribution in [3.05, 3.63) is 64.8 Å². The van der Waals surface area contributed by atoms with Gasteiger partial charge in [-0.3, -0.25) is 43.7 Å². The molecule has 0 bridgehead atoms. The minimum absolute atomic E-state index is 0.0329. The van der Waals surface area contributed by atoms with E-state index in [9.17, 15) is 47.1 Å². The summed E-state index contributed by atoms with van der Waals surface area (Å²) < 4.78 is 32.9. The van der Waals surface area contributed by atoms with E-state index in [0.29, 0.717) is 62.8 Å². The minimum Gasteiger partial charge on any atom is -0.382 e. The number of unbranched alkanes of at least 4 members (excludes halogenated alkanes) is 5. The molecule has 4 fully saturated rings. The Balaban J connectivity index is 0.746. The van der Waals surface area contributed by atoms with Crippen molar-refractivity contribution in [2.24, 2.45) is 5.73 Å². The first-order valence-electron chi connectivity index (χ1n) is 26.7. The van der Waals surface area contributed by atoms with Gasteiger partial charge in [-0.25, -0.2) is 4.52 Å². The highest BCUT2D eigenvalue weighted by molar-refractivity contribution is 7.39. The highest BCUT2D eigenvalue weighted by Crippen LogP contribution is 2.42. The topological polar surface area (TPSA) is 301 Å². The summed E-state index contributed by atoms with van der Waals surface area (Å²) in [6.45, 7) is 4.26. The van der Waals surface area contributed by atoms with Crippen LogP contribution in [0, 0.1) is 0 Å². The van der Waals surface area contributed by atoms with Crippen LogP contribution in [0.3, 0.4) is 0 Å². The number of imide groups is 1. The molecule has 1 unspecified atom stereocenters. The highest BCUT2D eigenvalue weighted by atomic mass is 31.2. The summed E-state index contributed by atoms with van der Waals surface area (Å²) in [5.41, 5.74) is 7.46. The summed E-state index contributed by atoms with van der Waals surface area (Å²) in [7, 11) is -1.55. The van der Waals surface area contributed by atoms with Crippen molar-refractivity contribution in [1.29, 1.82) is 0 Å². The third kappa shape index (κ3) is 14.3. The van der Waals surface area contributed by atoms with Gasteiger partial charge in [0.05, 0.1) is 5.56 Å². The summed E-state index contributed by atoms with van der Waals surface area (Å²) in [4.78, 5) is 133. The van der Waals surface area contributed by atoms with Gasteiger partial charge in [0.15, 0.2) is 0 Å². The number of likely N-dealkylation sites (N-methyl/N-ethyl adjacent to an activating group) is 1. The van der Waals surface area contributed by atoms with Crippen molar-refractivity contribution in [3.63, 3.8) is 0 Å². The summed E-state index contributed by atoms with van der Waals surface area (Å²) in [5, 5.41) is 14.7. The zero-order valence-electron chi connectivity index (χ0n) is 43.2. The monoisotopic (exact) mass is 1090 g/mol. The molecule has 5 atom stereocenters. The number of nitrogens with two attached hydrogens (primary N) is 1. The van der Waals surface area contributed by atoms with Gasteiger partial charge in [-0.15, -0.1) is 0 Å². The zero-order valence-corrected chi connectivity index (χ0v) is 44.1. The summed E-state index contributed by atoms with van der Waals surface area (Å²) >= 11 is 0. The minimum atomic E-state index is -4.02. The van der Waals surface area contributed by atoms with Crippen LogP contribution in [-0.2, 0) is 45.9 Å². The van der Waals surface area contributed by atoms with E-state index in [-0.39, 0.29) is 60.8 Å². The first-order chi connectivity index (χ1) is 36.8. The Kier molecular flexibility index (Phi) is 18.9. The van der Waals surface area contributed by atoms with Crippen molar-refractivity contribution >= 4 is 72.5 Å². The molecule has 418 valence electrons. The van der Waals surface area contributed by atoms with Gasteiger partial charge in [0, 0.05) is 85.4 Å². The third-order valence-electron chi connectivity index (χ3n) is 15.4. The number of hydrogen-bond acceptors (Lipinski definition) is 14. The summed E-state index contributed by atoms with van der Waals surface area (Å²) in [6.07, 6.45) is 5.36. The standard InChI is InChI=1S/C52H70F2N11O11P/c1-62-24-21-34-12-15-43(65(34)51(73)41(30-62)60-47(69)40-28-31-27-32(11-13-37(31)58-40)52(53,54)76-77(74)75)49(71)59-39(14-17-44(55)66)46(68)56-22-6-4-2-3-5-7-23-63-25-19-33(20-26-63)57-38-10-8-9-35-36(38)29-64(50(35)72)42-16-18-45(67)61-48(42)70/h8-11,13,27-28,33-34,39,41-43,57-58,74-75H,2-7,12,14-26,29-30H2,1H3,(H2,55,66)(H,56,68)(H,59,71)(H,60,69)(H,61,67,70)/t34-,39+,41+,42?,43+/m1/s1. The fourth-order valence-corrected chi connectivity index (χ4v) is 11.6. The summed E-state index contributed by atoms with van der Waals surface area (Å²) in [6, 6.07) is 6.39. The number of nitrogens with zero attached hydrogens (tertiary/aromatic N) is 4. The van der Waals surface area contributed by atoms with Gasteiger partial charge in [0.25, 0.3) is 11.8 Å². The molecule has 0 spiro atoms. The molecule has 10 N–H and O–H groups in total. The van der Waals surface area contributed by atoms with Crippen LogP contribution in [0.25, 0.3) is 10.9 Å². The maximum absolute atomic E-state index is 14.4. The lowest BCUT2D eigenvalue weighted by atomic mass is 10.0. The van der Waals surface area contributed by atoms with E-state index < -0.39 is 79.9 Å². The molecule has 22 nitrogen and oxygen atoms in total. The van der Waals surface area contributed by atoms with E-state index in [2.05, 4.69) is 41.0 Å². The van der Waals surface area contributed by atoms with Gasteiger partial charge in [0.1, 0.15) is 29.9 Å². The Labute approximate surface area is 445 Å². The lowest BCUT2D eigenvalue weighted by molar-refractivity contribution is -0.189. The quantitative estimate of drug-likeness (QED) is 0.0375. The van der Waals surface area contributed by atoms with Crippen LogP contribution >= 0.6 is 8.60 Å². The predicted octanol–water partition coefficient (Wildman–Crippen LogP) is 2.78. The molecule has 5 aliphatic rings. The smallest absolute Gasteiger partial charge is 0.382 e. The average Bonchev–Trinajstić information content (AvgIpc) is 4.18. The second-order valence-corrected chi connectivity index (χ2v) is 21.6.